The molecule has 3 nitrogen and oxygen atoms in total. The standard InChI is InChI=1S/C16H27N3/c1-10(2)13-5-7-14(8-6-13)16-18-9-15(11(3)17)12(4)19-16/h9-11,13-14H,5-8,17H2,1-4H3. The van der Waals surface area contributed by atoms with Crippen LogP contribution in [0.1, 0.15) is 75.5 Å². The maximum Gasteiger partial charge on any atom is 0.131 e. The number of aromatic nitrogens is 2. The maximum atomic E-state index is 5.91. The van der Waals surface area contributed by atoms with E-state index in [0.717, 1.165) is 28.9 Å². The van der Waals surface area contributed by atoms with Crippen LogP contribution >= 0.6 is 0 Å². The first-order valence-corrected chi connectivity index (χ1v) is 7.58. The molecular weight excluding hydrogens is 234 g/mol. The van der Waals surface area contributed by atoms with Gasteiger partial charge in [0.1, 0.15) is 5.82 Å². The number of nitrogens with zero attached hydrogens (tertiary/aromatic N) is 2. The van der Waals surface area contributed by atoms with Crippen LogP contribution in [0.4, 0.5) is 0 Å². The third kappa shape index (κ3) is 3.33. The van der Waals surface area contributed by atoms with Gasteiger partial charge in [0.05, 0.1) is 0 Å². The Bertz CT molecular complexity index is 418. The fourth-order valence-corrected chi connectivity index (χ4v) is 3.18. The number of rotatable bonds is 3. The minimum absolute atomic E-state index is 0.0192. The van der Waals surface area contributed by atoms with Gasteiger partial charge in [-0.1, -0.05) is 13.8 Å². The van der Waals surface area contributed by atoms with Crippen LogP contribution in [0.25, 0.3) is 0 Å². The Hall–Kier alpha value is -0.960. The second-order valence-electron chi connectivity index (χ2n) is 6.41. The van der Waals surface area contributed by atoms with E-state index >= 15 is 0 Å². The van der Waals surface area contributed by atoms with E-state index in [9.17, 15) is 0 Å². The van der Waals surface area contributed by atoms with E-state index in [-0.39, 0.29) is 6.04 Å². The van der Waals surface area contributed by atoms with Crippen molar-refractivity contribution < 1.29 is 0 Å². The molecule has 19 heavy (non-hydrogen) atoms. The first-order chi connectivity index (χ1) is 8.99. The van der Waals surface area contributed by atoms with E-state index in [2.05, 4.69) is 18.8 Å². The average molecular weight is 261 g/mol. The molecule has 106 valence electrons. The summed E-state index contributed by atoms with van der Waals surface area (Å²) in [6.45, 7) is 8.70. The van der Waals surface area contributed by atoms with Crippen molar-refractivity contribution in [1.29, 1.82) is 0 Å². The molecule has 1 aliphatic rings. The molecular formula is C16H27N3. The molecule has 0 amide bonds. The predicted octanol–water partition coefficient (Wildman–Crippen LogP) is 3.73. The van der Waals surface area contributed by atoms with Gasteiger partial charge in [0.25, 0.3) is 0 Å². The van der Waals surface area contributed by atoms with Gasteiger partial charge >= 0.3 is 0 Å². The third-order valence-electron chi connectivity index (χ3n) is 4.61. The highest BCUT2D eigenvalue weighted by Crippen LogP contribution is 2.37. The largest absolute Gasteiger partial charge is 0.324 e. The molecule has 1 aliphatic carbocycles. The van der Waals surface area contributed by atoms with Gasteiger partial charge in [0, 0.05) is 29.4 Å². The molecule has 1 saturated carbocycles. The van der Waals surface area contributed by atoms with Gasteiger partial charge < -0.3 is 5.73 Å². The first-order valence-electron chi connectivity index (χ1n) is 7.58. The van der Waals surface area contributed by atoms with Crippen molar-refractivity contribution in [3.05, 3.63) is 23.3 Å². The van der Waals surface area contributed by atoms with Crippen molar-refractivity contribution in [2.24, 2.45) is 17.6 Å². The summed E-state index contributed by atoms with van der Waals surface area (Å²) >= 11 is 0. The second-order valence-corrected chi connectivity index (χ2v) is 6.41. The molecule has 0 radical (unpaired) electrons. The maximum absolute atomic E-state index is 5.91. The van der Waals surface area contributed by atoms with Crippen LogP contribution in [-0.4, -0.2) is 9.97 Å². The van der Waals surface area contributed by atoms with Gasteiger partial charge in [-0.3, -0.25) is 0 Å². The van der Waals surface area contributed by atoms with Crippen molar-refractivity contribution >= 4 is 0 Å². The van der Waals surface area contributed by atoms with E-state index in [1.165, 1.54) is 25.7 Å². The van der Waals surface area contributed by atoms with E-state index < -0.39 is 0 Å². The molecule has 2 N–H and O–H groups in total. The van der Waals surface area contributed by atoms with Crippen LogP contribution in [0.5, 0.6) is 0 Å². The molecule has 2 rings (SSSR count). The first kappa shape index (κ1) is 14.4. The van der Waals surface area contributed by atoms with Crippen molar-refractivity contribution in [2.75, 3.05) is 0 Å². The number of nitrogens with two attached hydrogens (primary N) is 1. The lowest BCUT2D eigenvalue weighted by Crippen LogP contribution is -2.19. The molecule has 0 aromatic carbocycles. The molecule has 1 aromatic heterocycles. The van der Waals surface area contributed by atoms with Gasteiger partial charge in [-0.15, -0.1) is 0 Å². The monoisotopic (exact) mass is 261 g/mol. The number of hydrogen-bond acceptors (Lipinski definition) is 3. The van der Waals surface area contributed by atoms with Crippen LogP contribution in [-0.2, 0) is 0 Å². The smallest absolute Gasteiger partial charge is 0.131 e. The van der Waals surface area contributed by atoms with Crippen molar-refractivity contribution in [1.82, 2.24) is 9.97 Å². The summed E-state index contributed by atoms with van der Waals surface area (Å²) in [5, 5.41) is 0. The predicted molar refractivity (Wildman–Crippen MR) is 78.9 cm³/mol. The van der Waals surface area contributed by atoms with Crippen LogP contribution in [0.2, 0.25) is 0 Å². The molecule has 1 heterocycles. The lowest BCUT2D eigenvalue weighted by atomic mass is 9.76. The van der Waals surface area contributed by atoms with Gasteiger partial charge in [0.15, 0.2) is 0 Å². The van der Waals surface area contributed by atoms with Gasteiger partial charge in [-0.25, -0.2) is 9.97 Å². The Morgan fingerprint density at radius 2 is 1.79 bits per heavy atom. The second kappa shape index (κ2) is 6.00. The molecule has 3 heteroatoms. The molecule has 0 bridgehead atoms. The lowest BCUT2D eigenvalue weighted by Gasteiger charge is -2.30. The molecule has 1 atom stereocenters. The van der Waals surface area contributed by atoms with E-state index in [0.29, 0.717) is 5.92 Å². The third-order valence-corrected chi connectivity index (χ3v) is 4.61. The molecule has 0 saturated heterocycles. The Morgan fingerprint density at radius 1 is 1.16 bits per heavy atom. The normalized spacial score (nSPS) is 25.6. The quantitative estimate of drug-likeness (QED) is 0.902. The lowest BCUT2D eigenvalue weighted by molar-refractivity contribution is 0.254. The van der Waals surface area contributed by atoms with Crippen LogP contribution < -0.4 is 5.73 Å². The highest BCUT2D eigenvalue weighted by Gasteiger charge is 2.26. The Morgan fingerprint density at radius 3 is 2.26 bits per heavy atom. The fourth-order valence-electron chi connectivity index (χ4n) is 3.18. The minimum atomic E-state index is 0.0192. The van der Waals surface area contributed by atoms with Gasteiger partial charge in [-0.2, -0.15) is 0 Å². The highest BCUT2D eigenvalue weighted by molar-refractivity contribution is 5.20. The molecule has 1 fully saturated rings. The number of aryl methyl sites for hydroxylation is 1. The highest BCUT2D eigenvalue weighted by atomic mass is 14.9. The van der Waals surface area contributed by atoms with Crippen LogP contribution in [0.15, 0.2) is 6.20 Å². The van der Waals surface area contributed by atoms with E-state index in [4.69, 9.17) is 10.7 Å². The summed E-state index contributed by atoms with van der Waals surface area (Å²) in [6, 6.07) is 0.0192. The van der Waals surface area contributed by atoms with E-state index in [1.54, 1.807) is 0 Å². The zero-order valence-electron chi connectivity index (χ0n) is 12.7. The minimum Gasteiger partial charge on any atom is -0.324 e. The summed E-state index contributed by atoms with van der Waals surface area (Å²) in [4.78, 5) is 9.26. The molecule has 0 spiro atoms. The van der Waals surface area contributed by atoms with Crippen LogP contribution in [0.3, 0.4) is 0 Å². The number of hydrogen-bond donors (Lipinski definition) is 1. The summed E-state index contributed by atoms with van der Waals surface area (Å²) in [5.41, 5.74) is 8.03. The average Bonchev–Trinajstić information content (AvgIpc) is 2.38. The molecule has 0 aliphatic heterocycles. The zero-order valence-corrected chi connectivity index (χ0v) is 12.7. The van der Waals surface area contributed by atoms with E-state index in [1.807, 2.05) is 20.0 Å². The Balaban J connectivity index is 2.06. The molecule has 1 unspecified atom stereocenters. The van der Waals surface area contributed by atoms with Crippen LogP contribution in [0, 0.1) is 18.8 Å². The fraction of sp³-hybridized carbons (Fsp3) is 0.750. The molecule has 1 aromatic rings. The Labute approximate surface area is 117 Å². The van der Waals surface area contributed by atoms with Crippen molar-refractivity contribution in [3.8, 4) is 0 Å². The SMILES string of the molecule is Cc1nc(C2CCC(C(C)C)CC2)ncc1C(C)N. The Kier molecular flexibility index (Phi) is 4.56. The summed E-state index contributed by atoms with van der Waals surface area (Å²) < 4.78 is 0. The van der Waals surface area contributed by atoms with Gasteiger partial charge in [0.2, 0.25) is 0 Å². The zero-order chi connectivity index (χ0) is 14.0. The van der Waals surface area contributed by atoms with Gasteiger partial charge in [-0.05, 0) is 51.4 Å². The summed E-state index contributed by atoms with van der Waals surface area (Å²) in [6.07, 6.45) is 7.04. The van der Waals surface area contributed by atoms with Crippen molar-refractivity contribution in [3.63, 3.8) is 0 Å². The summed E-state index contributed by atoms with van der Waals surface area (Å²) in [5.74, 6) is 3.28. The van der Waals surface area contributed by atoms with Crippen molar-refractivity contribution in [2.45, 2.75) is 65.3 Å². The summed E-state index contributed by atoms with van der Waals surface area (Å²) in [7, 11) is 0. The topological polar surface area (TPSA) is 51.8 Å².